The number of piperidine rings is 1. The Hall–Kier alpha value is -2.19. The van der Waals surface area contributed by atoms with E-state index in [9.17, 15) is 13.2 Å². The summed E-state index contributed by atoms with van der Waals surface area (Å²) in [6, 6.07) is 9.27. The molecule has 24 heavy (non-hydrogen) atoms. The summed E-state index contributed by atoms with van der Waals surface area (Å²) >= 11 is 0. The van der Waals surface area contributed by atoms with Gasteiger partial charge in [-0.2, -0.15) is 4.31 Å². The molecule has 1 fully saturated rings. The van der Waals surface area contributed by atoms with Gasteiger partial charge in [0.1, 0.15) is 0 Å². The number of hydrogen-bond acceptors (Lipinski definition) is 4. The molecule has 0 unspecified atom stereocenters. The van der Waals surface area contributed by atoms with Gasteiger partial charge in [-0.05, 0) is 25.0 Å². The van der Waals surface area contributed by atoms with Gasteiger partial charge in [-0.25, -0.2) is 13.4 Å². The third-order valence-electron chi connectivity index (χ3n) is 4.15. The van der Waals surface area contributed by atoms with E-state index in [0.717, 1.165) is 5.69 Å². The SMILES string of the molecule is Cn1cnc(S(=O)(=O)N2CCC(C(=O)Nc3ccccc3)CC2)c1. The Morgan fingerprint density at radius 3 is 2.46 bits per heavy atom. The smallest absolute Gasteiger partial charge is 0.262 e. The lowest BCUT2D eigenvalue weighted by Crippen LogP contribution is -2.41. The summed E-state index contributed by atoms with van der Waals surface area (Å²) in [5, 5.41) is 2.93. The molecule has 0 spiro atoms. The first-order valence-electron chi connectivity index (χ1n) is 7.81. The van der Waals surface area contributed by atoms with Gasteiger partial charge >= 0.3 is 0 Å². The van der Waals surface area contributed by atoms with Gasteiger partial charge in [0, 0.05) is 37.9 Å². The Kier molecular flexibility index (Phi) is 4.68. The first kappa shape index (κ1) is 16.7. The summed E-state index contributed by atoms with van der Waals surface area (Å²) in [4.78, 5) is 16.2. The summed E-state index contributed by atoms with van der Waals surface area (Å²) in [5.41, 5.74) is 0.756. The van der Waals surface area contributed by atoms with Crippen molar-refractivity contribution in [2.24, 2.45) is 13.0 Å². The lowest BCUT2D eigenvalue weighted by Gasteiger charge is -2.29. The first-order chi connectivity index (χ1) is 11.5. The molecule has 1 saturated heterocycles. The molecule has 3 rings (SSSR count). The van der Waals surface area contributed by atoms with Crippen molar-refractivity contribution in [3.63, 3.8) is 0 Å². The Balaban J connectivity index is 1.60. The highest BCUT2D eigenvalue weighted by molar-refractivity contribution is 7.89. The minimum atomic E-state index is -3.58. The minimum Gasteiger partial charge on any atom is -0.339 e. The topological polar surface area (TPSA) is 84.3 Å². The summed E-state index contributed by atoms with van der Waals surface area (Å²) in [6.07, 6.45) is 3.96. The molecule has 0 atom stereocenters. The monoisotopic (exact) mass is 348 g/mol. The average Bonchev–Trinajstić information content (AvgIpc) is 3.03. The van der Waals surface area contributed by atoms with Crippen molar-refractivity contribution in [1.29, 1.82) is 0 Å². The van der Waals surface area contributed by atoms with Crippen LogP contribution in [0, 0.1) is 5.92 Å². The number of nitrogens with one attached hydrogen (secondary N) is 1. The van der Waals surface area contributed by atoms with E-state index in [1.165, 1.54) is 16.8 Å². The van der Waals surface area contributed by atoms with Gasteiger partial charge in [-0.1, -0.05) is 18.2 Å². The number of carbonyl (C=O) groups is 1. The van der Waals surface area contributed by atoms with Gasteiger partial charge in [0.2, 0.25) is 5.91 Å². The van der Waals surface area contributed by atoms with Gasteiger partial charge < -0.3 is 9.88 Å². The fraction of sp³-hybridized carbons (Fsp3) is 0.375. The van der Waals surface area contributed by atoms with E-state index in [1.807, 2.05) is 30.3 Å². The van der Waals surface area contributed by atoms with Gasteiger partial charge in [0.15, 0.2) is 5.03 Å². The number of aryl methyl sites for hydroxylation is 1. The van der Waals surface area contributed by atoms with Crippen LogP contribution in [-0.4, -0.2) is 41.3 Å². The largest absolute Gasteiger partial charge is 0.339 e. The number of hydrogen-bond donors (Lipinski definition) is 1. The molecular weight excluding hydrogens is 328 g/mol. The molecule has 128 valence electrons. The van der Waals surface area contributed by atoms with Crippen LogP contribution in [0.15, 0.2) is 47.9 Å². The van der Waals surface area contributed by atoms with Crippen LogP contribution >= 0.6 is 0 Å². The zero-order valence-corrected chi connectivity index (χ0v) is 14.2. The average molecular weight is 348 g/mol. The van der Waals surface area contributed by atoms with Crippen molar-refractivity contribution >= 4 is 21.6 Å². The molecule has 2 aromatic rings. The summed E-state index contributed by atoms with van der Waals surface area (Å²) in [5.74, 6) is -0.239. The molecule has 1 aromatic heterocycles. The maximum atomic E-state index is 12.5. The van der Waals surface area contributed by atoms with E-state index in [4.69, 9.17) is 0 Å². The Labute approximate surface area is 141 Å². The Bertz CT molecular complexity index is 809. The second-order valence-electron chi connectivity index (χ2n) is 5.91. The quantitative estimate of drug-likeness (QED) is 0.906. The van der Waals surface area contributed by atoms with Crippen molar-refractivity contribution in [2.45, 2.75) is 17.9 Å². The molecule has 0 saturated carbocycles. The second-order valence-corrected chi connectivity index (χ2v) is 7.80. The molecular formula is C16H20N4O3S. The van der Waals surface area contributed by atoms with E-state index in [1.54, 1.807) is 11.6 Å². The van der Waals surface area contributed by atoms with Gasteiger partial charge in [-0.15, -0.1) is 0 Å². The number of rotatable bonds is 4. The van der Waals surface area contributed by atoms with Crippen molar-refractivity contribution < 1.29 is 13.2 Å². The third-order valence-corrected chi connectivity index (χ3v) is 5.94. The fourth-order valence-electron chi connectivity index (χ4n) is 2.78. The van der Waals surface area contributed by atoms with E-state index in [-0.39, 0.29) is 16.9 Å². The minimum absolute atomic E-state index is 0.0530. The third kappa shape index (κ3) is 3.49. The second kappa shape index (κ2) is 6.74. The Morgan fingerprint density at radius 2 is 1.88 bits per heavy atom. The predicted molar refractivity (Wildman–Crippen MR) is 89.8 cm³/mol. The standard InChI is InChI=1S/C16H20N4O3S/c1-19-11-15(17-12-19)24(22,23)20-9-7-13(8-10-20)16(21)18-14-5-3-2-4-6-14/h2-6,11-13H,7-10H2,1H3,(H,18,21). The molecule has 1 amide bonds. The summed E-state index contributed by atoms with van der Waals surface area (Å²) in [6.45, 7) is 0.650. The fourth-order valence-corrected chi connectivity index (χ4v) is 4.21. The molecule has 8 heteroatoms. The molecule has 1 N–H and O–H groups in total. The van der Waals surface area contributed by atoms with Gasteiger partial charge in [-0.3, -0.25) is 4.79 Å². The molecule has 0 aliphatic carbocycles. The van der Waals surface area contributed by atoms with Crippen molar-refractivity contribution in [2.75, 3.05) is 18.4 Å². The first-order valence-corrected chi connectivity index (χ1v) is 9.25. The number of sulfonamides is 1. The highest BCUT2D eigenvalue weighted by atomic mass is 32.2. The van der Waals surface area contributed by atoms with Crippen LogP contribution in [-0.2, 0) is 21.9 Å². The van der Waals surface area contributed by atoms with E-state index >= 15 is 0 Å². The lowest BCUT2D eigenvalue weighted by atomic mass is 9.97. The molecule has 0 radical (unpaired) electrons. The molecule has 1 aliphatic rings. The number of nitrogens with zero attached hydrogens (tertiary/aromatic N) is 3. The zero-order valence-electron chi connectivity index (χ0n) is 13.4. The molecule has 0 bridgehead atoms. The summed E-state index contributed by atoms with van der Waals surface area (Å²) in [7, 11) is -1.85. The van der Waals surface area contributed by atoms with Crippen LogP contribution in [0.4, 0.5) is 5.69 Å². The number of carbonyl (C=O) groups excluding carboxylic acids is 1. The highest BCUT2D eigenvalue weighted by Gasteiger charge is 2.33. The van der Waals surface area contributed by atoms with Crippen LogP contribution in [0.5, 0.6) is 0 Å². The molecule has 7 nitrogen and oxygen atoms in total. The van der Waals surface area contributed by atoms with E-state index < -0.39 is 10.0 Å². The van der Waals surface area contributed by atoms with Gasteiger partial charge in [0.05, 0.1) is 6.33 Å². The molecule has 1 aromatic carbocycles. The van der Waals surface area contributed by atoms with Crippen LogP contribution in [0.25, 0.3) is 0 Å². The normalized spacial score (nSPS) is 16.9. The number of anilines is 1. The summed E-state index contributed by atoms with van der Waals surface area (Å²) < 4.78 is 28.0. The van der Waals surface area contributed by atoms with E-state index in [0.29, 0.717) is 25.9 Å². The van der Waals surface area contributed by atoms with Crippen molar-refractivity contribution in [3.8, 4) is 0 Å². The molecule has 2 heterocycles. The number of amides is 1. The maximum Gasteiger partial charge on any atom is 0.262 e. The van der Waals surface area contributed by atoms with Crippen LogP contribution < -0.4 is 5.32 Å². The lowest BCUT2D eigenvalue weighted by molar-refractivity contribution is -0.120. The van der Waals surface area contributed by atoms with Crippen LogP contribution in [0.3, 0.4) is 0 Å². The van der Waals surface area contributed by atoms with Crippen molar-refractivity contribution in [3.05, 3.63) is 42.9 Å². The van der Waals surface area contributed by atoms with Crippen LogP contribution in [0.2, 0.25) is 0 Å². The number of benzene rings is 1. The maximum absolute atomic E-state index is 12.5. The number of aromatic nitrogens is 2. The van der Waals surface area contributed by atoms with E-state index in [2.05, 4.69) is 10.3 Å². The van der Waals surface area contributed by atoms with Crippen LogP contribution in [0.1, 0.15) is 12.8 Å². The predicted octanol–water partition coefficient (Wildman–Crippen LogP) is 1.46. The zero-order chi connectivity index (χ0) is 17.2. The Morgan fingerprint density at radius 1 is 1.21 bits per heavy atom. The highest BCUT2D eigenvalue weighted by Crippen LogP contribution is 2.24. The van der Waals surface area contributed by atoms with Crippen molar-refractivity contribution in [1.82, 2.24) is 13.9 Å². The molecule has 1 aliphatic heterocycles. The number of para-hydroxylation sites is 1. The number of imidazole rings is 1. The van der Waals surface area contributed by atoms with Gasteiger partial charge in [0.25, 0.3) is 10.0 Å².